The minimum atomic E-state index is -0.309. The molecule has 0 radical (unpaired) electrons. The quantitative estimate of drug-likeness (QED) is 0.621. The lowest BCUT2D eigenvalue weighted by Gasteiger charge is -2.25. The molecule has 1 aromatic rings. The summed E-state index contributed by atoms with van der Waals surface area (Å²) in [6, 6.07) is 0. The minimum absolute atomic E-state index is 0.309. The second-order valence-electron chi connectivity index (χ2n) is 4.61. The average Bonchev–Trinajstić information content (AvgIpc) is 3.06. The molecule has 1 aliphatic heterocycles. The van der Waals surface area contributed by atoms with Crippen LogP contribution in [0.4, 0.5) is 0 Å². The van der Waals surface area contributed by atoms with Crippen molar-refractivity contribution in [2.45, 2.75) is 25.1 Å². The fraction of sp³-hybridized carbons (Fsp3) is 0.909. The lowest BCUT2D eigenvalue weighted by Crippen LogP contribution is -2.38. The topological polar surface area (TPSA) is 83.3 Å². The Bertz CT molecular complexity index is 378. The molecule has 1 N–H and O–H groups in total. The molecular formula is C11H21N5O3. The van der Waals surface area contributed by atoms with Gasteiger partial charge in [0.2, 0.25) is 0 Å². The van der Waals surface area contributed by atoms with Gasteiger partial charge in [0, 0.05) is 33.8 Å². The molecule has 0 amide bonds. The number of nitrogens with one attached hydrogen (secondary N) is 1. The van der Waals surface area contributed by atoms with Crippen LogP contribution in [0.3, 0.4) is 0 Å². The minimum Gasteiger partial charge on any atom is -0.383 e. The fourth-order valence-corrected chi connectivity index (χ4v) is 2.06. The van der Waals surface area contributed by atoms with Crippen molar-refractivity contribution in [1.29, 1.82) is 0 Å². The number of hydrogen-bond donors (Lipinski definition) is 1. The van der Waals surface area contributed by atoms with E-state index in [0.717, 1.165) is 25.4 Å². The maximum absolute atomic E-state index is 5.59. The highest BCUT2D eigenvalue weighted by Gasteiger charge is 2.36. The van der Waals surface area contributed by atoms with Gasteiger partial charge < -0.3 is 19.5 Å². The van der Waals surface area contributed by atoms with Gasteiger partial charge in [-0.1, -0.05) is 0 Å². The molecule has 0 saturated carbocycles. The largest absolute Gasteiger partial charge is 0.383 e. The van der Waals surface area contributed by atoms with Gasteiger partial charge in [-0.2, -0.15) is 0 Å². The summed E-state index contributed by atoms with van der Waals surface area (Å²) in [5.74, 6) is 0.791. The van der Waals surface area contributed by atoms with E-state index in [1.165, 1.54) is 0 Å². The number of rotatable bonds is 8. The second kappa shape index (κ2) is 6.90. The highest BCUT2D eigenvalue weighted by molar-refractivity contribution is 4.89. The molecule has 108 valence electrons. The van der Waals surface area contributed by atoms with Crippen LogP contribution in [-0.4, -0.2) is 66.4 Å². The molecule has 1 unspecified atom stereocenters. The van der Waals surface area contributed by atoms with Crippen LogP contribution in [0.2, 0.25) is 0 Å². The molecule has 1 saturated heterocycles. The Kier molecular flexibility index (Phi) is 5.20. The third-order valence-electron chi connectivity index (χ3n) is 3.31. The molecule has 1 aliphatic rings. The lowest BCUT2D eigenvalue weighted by molar-refractivity contribution is -0.0327. The summed E-state index contributed by atoms with van der Waals surface area (Å²) in [6.07, 6.45) is 0.861. The van der Waals surface area contributed by atoms with E-state index in [0.29, 0.717) is 26.3 Å². The maximum atomic E-state index is 5.59. The first-order valence-electron chi connectivity index (χ1n) is 6.37. The number of ether oxygens (including phenoxy) is 3. The monoisotopic (exact) mass is 271 g/mol. The summed E-state index contributed by atoms with van der Waals surface area (Å²) >= 11 is 0. The Labute approximate surface area is 112 Å². The SMILES string of the molecule is COCCNCc1nnnn1CC1(OC)CCOC1. The van der Waals surface area contributed by atoms with Crippen LogP contribution in [0.5, 0.6) is 0 Å². The van der Waals surface area contributed by atoms with E-state index >= 15 is 0 Å². The van der Waals surface area contributed by atoms with Crippen molar-refractivity contribution < 1.29 is 14.2 Å². The zero-order chi connectivity index (χ0) is 13.6. The number of methoxy groups -OCH3 is 2. The van der Waals surface area contributed by atoms with Gasteiger partial charge in [0.05, 0.1) is 26.3 Å². The van der Waals surface area contributed by atoms with Crippen molar-refractivity contribution in [3.63, 3.8) is 0 Å². The van der Waals surface area contributed by atoms with Crippen LogP contribution < -0.4 is 5.32 Å². The van der Waals surface area contributed by atoms with E-state index in [-0.39, 0.29) is 5.60 Å². The highest BCUT2D eigenvalue weighted by Crippen LogP contribution is 2.24. The molecule has 2 rings (SSSR count). The van der Waals surface area contributed by atoms with Crippen LogP contribution in [0.25, 0.3) is 0 Å². The summed E-state index contributed by atoms with van der Waals surface area (Å²) in [5, 5.41) is 15.0. The predicted octanol–water partition coefficient (Wildman–Crippen LogP) is -0.785. The van der Waals surface area contributed by atoms with E-state index in [1.807, 2.05) is 0 Å². The number of nitrogens with zero attached hydrogens (tertiary/aromatic N) is 4. The maximum Gasteiger partial charge on any atom is 0.165 e. The molecule has 0 aromatic carbocycles. The van der Waals surface area contributed by atoms with Crippen molar-refractivity contribution in [3.05, 3.63) is 5.82 Å². The molecule has 8 heteroatoms. The molecule has 1 aromatic heterocycles. The number of hydrogen-bond acceptors (Lipinski definition) is 7. The third kappa shape index (κ3) is 3.69. The van der Waals surface area contributed by atoms with Crippen molar-refractivity contribution in [3.8, 4) is 0 Å². The summed E-state index contributed by atoms with van der Waals surface area (Å²) in [6.45, 7) is 3.95. The van der Waals surface area contributed by atoms with Crippen LogP contribution in [0, 0.1) is 0 Å². The van der Waals surface area contributed by atoms with Crippen molar-refractivity contribution in [1.82, 2.24) is 25.5 Å². The number of tetrazole rings is 1. The Morgan fingerprint density at radius 2 is 2.37 bits per heavy atom. The van der Waals surface area contributed by atoms with Gasteiger partial charge in [-0.05, 0) is 10.4 Å². The summed E-state index contributed by atoms with van der Waals surface area (Å²) in [4.78, 5) is 0. The van der Waals surface area contributed by atoms with Crippen molar-refractivity contribution in [2.75, 3.05) is 40.6 Å². The molecule has 0 bridgehead atoms. The molecule has 2 heterocycles. The molecule has 0 spiro atoms. The van der Waals surface area contributed by atoms with Crippen molar-refractivity contribution in [2.24, 2.45) is 0 Å². The van der Waals surface area contributed by atoms with Gasteiger partial charge in [0.1, 0.15) is 5.60 Å². The van der Waals surface area contributed by atoms with E-state index in [4.69, 9.17) is 14.2 Å². The van der Waals surface area contributed by atoms with Gasteiger partial charge >= 0.3 is 0 Å². The summed E-state index contributed by atoms with van der Waals surface area (Å²) < 4.78 is 17.8. The molecule has 1 atom stereocenters. The van der Waals surface area contributed by atoms with Crippen molar-refractivity contribution >= 4 is 0 Å². The third-order valence-corrected chi connectivity index (χ3v) is 3.31. The van der Waals surface area contributed by atoms with Crippen LogP contribution in [-0.2, 0) is 27.3 Å². The molecule has 1 fully saturated rings. The molecule has 19 heavy (non-hydrogen) atoms. The second-order valence-corrected chi connectivity index (χ2v) is 4.61. The van der Waals surface area contributed by atoms with E-state index in [2.05, 4.69) is 20.8 Å². The normalized spacial score (nSPS) is 23.1. The van der Waals surface area contributed by atoms with E-state index in [9.17, 15) is 0 Å². The smallest absolute Gasteiger partial charge is 0.165 e. The van der Waals surface area contributed by atoms with Gasteiger partial charge in [-0.3, -0.25) is 0 Å². The Morgan fingerprint density at radius 3 is 3.05 bits per heavy atom. The summed E-state index contributed by atoms with van der Waals surface area (Å²) in [7, 11) is 3.38. The molecule has 8 nitrogen and oxygen atoms in total. The average molecular weight is 271 g/mol. The van der Waals surface area contributed by atoms with Gasteiger partial charge in [0.25, 0.3) is 0 Å². The standard InChI is InChI=1S/C11H21N5O3/c1-17-6-4-12-7-10-13-14-15-16(10)8-11(18-2)3-5-19-9-11/h12H,3-9H2,1-2H3. The lowest BCUT2D eigenvalue weighted by atomic mass is 10.0. The zero-order valence-corrected chi connectivity index (χ0v) is 11.5. The first-order valence-corrected chi connectivity index (χ1v) is 6.37. The Balaban J connectivity index is 1.91. The van der Waals surface area contributed by atoms with Gasteiger partial charge in [-0.25, -0.2) is 4.68 Å². The predicted molar refractivity (Wildman–Crippen MR) is 66.6 cm³/mol. The highest BCUT2D eigenvalue weighted by atomic mass is 16.5. The Hall–Kier alpha value is -1.09. The molecule has 0 aliphatic carbocycles. The van der Waals surface area contributed by atoms with E-state index < -0.39 is 0 Å². The van der Waals surface area contributed by atoms with E-state index in [1.54, 1.807) is 18.9 Å². The molecular weight excluding hydrogens is 250 g/mol. The fourth-order valence-electron chi connectivity index (χ4n) is 2.06. The van der Waals surface area contributed by atoms with Gasteiger partial charge in [-0.15, -0.1) is 5.10 Å². The van der Waals surface area contributed by atoms with Crippen LogP contribution in [0.1, 0.15) is 12.2 Å². The first kappa shape index (κ1) is 14.3. The summed E-state index contributed by atoms with van der Waals surface area (Å²) in [5.41, 5.74) is -0.309. The van der Waals surface area contributed by atoms with Gasteiger partial charge in [0.15, 0.2) is 5.82 Å². The zero-order valence-electron chi connectivity index (χ0n) is 11.5. The Morgan fingerprint density at radius 1 is 1.47 bits per heavy atom. The van der Waals surface area contributed by atoms with Crippen LogP contribution in [0.15, 0.2) is 0 Å². The number of aromatic nitrogens is 4. The van der Waals surface area contributed by atoms with Crippen LogP contribution >= 0.6 is 0 Å². The first-order chi connectivity index (χ1) is 9.29.